The zero-order chi connectivity index (χ0) is 36.7. The number of likely N-dealkylation sites (N-methyl/N-ethyl adjacent to an activating group) is 2. The van der Waals surface area contributed by atoms with Crippen molar-refractivity contribution in [2.24, 2.45) is 0 Å². The Morgan fingerprint density at radius 3 is 2.10 bits per heavy atom. The van der Waals surface area contributed by atoms with Crippen molar-refractivity contribution in [3.05, 3.63) is 46.6 Å². The fourth-order valence-corrected chi connectivity index (χ4v) is 5.50. The molecule has 2 aliphatic rings. The molecule has 1 saturated heterocycles. The number of hydrogen-bond donors (Lipinski definition) is 0. The number of anilines is 2. The zero-order valence-electron chi connectivity index (χ0n) is 31.5. The van der Waals surface area contributed by atoms with Crippen molar-refractivity contribution in [1.82, 2.24) is 9.88 Å². The molecule has 1 fully saturated rings. The molecular formula is C36H53BN4O8. The molecule has 4 rings (SSSR count). The van der Waals surface area contributed by atoms with E-state index in [-0.39, 0.29) is 5.69 Å². The maximum Gasteiger partial charge on any atom is 0.497 e. The Morgan fingerprint density at radius 1 is 0.918 bits per heavy atom. The molecular weight excluding hydrogens is 627 g/mol. The molecule has 0 spiro atoms. The van der Waals surface area contributed by atoms with Gasteiger partial charge in [-0.2, -0.15) is 0 Å². The number of nitrogens with zero attached hydrogens (tertiary/aromatic N) is 4. The lowest BCUT2D eigenvalue weighted by Gasteiger charge is -2.33. The lowest BCUT2D eigenvalue weighted by Crippen LogP contribution is -2.41. The van der Waals surface area contributed by atoms with Crippen LogP contribution in [-0.4, -0.2) is 98.3 Å². The number of pyridine rings is 1. The van der Waals surface area contributed by atoms with E-state index in [1.807, 2.05) is 104 Å². The highest BCUT2D eigenvalue weighted by Gasteiger charge is 2.53. The second kappa shape index (κ2) is 13.8. The van der Waals surface area contributed by atoms with Crippen LogP contribution in [-0.2, 0) is 36.5 Å². The largest absolute Gasteiger partial charge is 0.497 e. The third kappa shape index (κ3) is 8.86. The van der Waals surface area contributed by atoms with Gasteiger partial charge >= 0.3 is 25.2 Å². The number of amides is 1. The summed E-state index contributed by atoms with van der Waals surface area (Å²) in [6.07, 6.45) is 0.232. The van der Waals surface area contributed by atoms with E-state index in [2.05, 4.69) is 6.07 Å². The second-order valence-electron chi connectivity index (χ2n) is 15.8. The van der Waals surface area contributed by atoms with Crippen LogP contribution < -0.4 is 15.3 Å². The van der Waals surface area contributed by atoms with Gasteiger partial charge in [0.1, 0.15) is 17.0 Å². The van der Waals surface area contributed by atoms with E-state index < -0.39 is 47.6 Å². The molecule has 12 nitrogen and oxygen atoms in total. The summed E-state index contributed by atoms with van der Waals surface area (Å²) in [6, 6.07) is 7.56. The lowest BCUT2D eigenvalue weighted by molar-refractivity contribution is 0.00578. The van der Waals surface area contributed by atoms with Crippen LogP contribution in [0.25, 0.3) is 0 Å². The van der Waals surface area contributed by atoms with Crippen LogP contribution in [0.5, 0.6) is 0 Å². The first-order valence-corrected chi connectivity index (χ1v) is 16.8. The van der Waals surface area contributed by atoms with Gasteiger partial charge in [0.15, 0.2) is 5.69 Å². The molecule has 1 aromatic heterocycles. The van der Waals surface area contributed by atoms with E-state index in [1.165, 1.54) is 12.0 Å². The number of hydrogen-bond acceptors (Lipinski definition) is 11. The smallest absolute Gasteiger partial charge is 0.465 e. The molecule has 0 radical (unpaired) electrons. The Kier molecular flexibility index (Phi) is 10.7. The molecule has 0 bridgehead atoms. The van der Waals surface area contributed by atoms with E-state index in [0.29, 0.717) is 49.4 Å². The van der Waals surface area contributed by atoms with Crippen molar-refractivity contribution < 1.29 is 37.9 Å². The molecule has 2 aliphatic heterocycles. The average molecular weight is 681 g/mol. The molecule has 13 heteroatoms. The van der Waals surface area contributed by atoms with Crippen molar-refractivity contribution >= 4 is 42.1 Å². The summed E-state index contributed by atoms with van der Waals surface area (Å²) in [4.78, 5) is 49.6. The maximum absolute atomic E-state index is 13.6. The molecule has 49 heavy (non-hydrogen) atoms. The van der Waals surface area contributed by atoms with Gasteiger partial charge < -0.3 is 38.2 Å². The number of ether oxygens (including phenoxy) is 3. The molecule has 0 N–H and O–H groups in total. The third-order valence-electron chi connectivity index (χ3n) is 8.98. The highest BCUT2D eigenvalue weighted by atomic mass is 16.7. The normalized spacial score (nSPS) is 16.9. The number of esters is 2. The van der Waals surface area contributed by atoms with Gasteiger partial charge in [0.2, 0.25) is 0 Å². The Bertz CT molecular complexity index is 1560. The Morgan fingerprint density at radius 2 is 1.53 bits per heavy atom. The van der Waals surface area contributed by atoms with Crippen LogP contribution in [0.2, 0.25) is 0 Å². The van der Waals surface area contributed by atoms with E-state index in [4.69, 9.17) is 28.5 Å². The lowest BCUT2D eigenvalue weighted by atomic mass is 9.77. The maximum atomic E-state index is 13.6. The van der Waals surface area contributed by atoms with Crippen LogP contribution in [0.15, 0.2) is 24.3 Å². The van der Waals surface area contributed by atoms with Crippen LogP contribution in [0.1, 0.15) is 101 Å². The Hall–Kier alpha value is -3.84. The molecule has 3 heterocycles. The van der Waals surface area contributed by atoms with Crippen LogP contribution in [0.4, 0.5) is 16.3 Å². The minimum atomic E-state index is -0.804. The van der Waals surface area contributed by atoms with E-state index in [9.17, 15) is 14.4 Å². The number of methoxy groups -OCH3 is 1. The SMILES string of the molecule is COC(=O)c1cc(N(C)CCN(C)C(=O)OC(C)(C)C)cc2c1CN(c1ccc(B3OC(C)(C)C(C)(C)O3)c(C(=O)OC(C)(C)C)n1)CC2. The summed E-state index contributed by atoms with van der Waals surface area (Å²) in [6.45, 7) is 20.7. The number of rotatable bonds is 8. The second-order valence-corrected chi connectivity index (χ2v) is 15.8. The van der Waals surface area contributed by atoms with Crippen molar-refractivity contribution in [2.45, 2.75) is 105 Å². The van der Waals surface area contributed by atoms with Crippen LogP contribution in [0.3, 0.4) is 0 Å². The fourth-order valence-electron chi connectivity index (χ4n) is 5.50. The standard InChI is InChI=1S/C36H53BN4O8/c1-33(2,3)46-31(43)29-27(37-48-35(7,8)36(9,10)49-37)14-15-28(38-29)41-17-16-23-20-24(21-25(26(23)22-41)30(42)45-13)39(11)18-19-40(12)32(44)47-34(4,5)6/h14-15,20-21H,16-19,22H2,1-13H3. The highest BCUT2D eigenvalue weighted by Crippen LogP contribution is 2.37. The molecule has 0 atom stereocenters. The molecule has 1 amide bonds. The van der Waals surface area contributed by atoms with Crippen LogP contribution in [0, 0.1) is 0 Å². The van der Waals surface area contributed by atoms with Gasteiger partial charge in [0.05, 0.1) is 23.9 Å². The fraction of sp³-hybridized carbons (Fsp3) is 0.611. The Labute approximate surface area is 291 Å². The molecule has 0 aliphatic carbocycles. The molecule has 268 valence electrons. The summed E-state index contributed by atoms with van der Waals surface area (Å²) in [7, 11) is 4.18. The van der Waals surface area contributed by atoms with E-state index in [0.717, 1.165) is 16.8 Å². The topological polar surface area (TPSA) is 120 Å². The average Bonchev–Trinajstić information content (AvgIpc) is 3.22. The number of carbonyl (C=O) groups is 3. The van der Waals surface area contributed by atoms with Gasteiger partial charge in [0, 0.05) is 51.4 Å². The number of aromatic nitrogens is 1. The highest BCUT2D eigenvalue weighted by molar-refractivity contribution is 6.63. The van der Waals surface area contributed by atoms with Crippen molar-refractivity contribution in [2.75, 3.05) is 50.6 Å². The summed E-state index contributed by atoms with van der Waals surface area (Å²) in [5.74, 6) is -0.455. The number of benzene rings is 1. The Balaban J connectivity index is 1.62. The summed E-state index contributed by atoms with van der Waals surface area (Å²) in [5.41, 5.74) is 1.22. The third-order valence-corrected chi connectivity index (χ3v) is 8.98. The predicted octanol–water partition coefficient (Wildman–Crippen LogP) is 4.99. The number of fused-ring (bicyclic) bond motifs is 1. The summed E-state index contributed by atoms with van der Waals surface area (Å²) < 4.78 is 29.0. The monoisotopic (exact) mass is 680 g/mol. The van der Waals surface area contributed by atoms with Crippen LogP contribution >= 0.6 is 0 Å². The minimum absolute atomic E-state index is 0.123. The first-order valence-electron chi connectivity index (χ1n) is 16.8. The minimum Gasteiger partial charge on any atom is -0.465 e. The first-order chi connectivity index (χ1) is 22.5. The molecule has 0 unspecified atom stereocenters. The molecule has 0 saturated carbocycles. The van der Waals surface area contributed by atoms with E-state index in [1.54, 1.807) is 7.05 Å². The van der Waals surface area contributed by atoms with Crippen molar-refractivity contribution in [1.29, 1.82) is 0 Å². The summed E-state index contributed by atoms with van der Waals surface area (Å²) >= 11 is 0. The van der Waals surface area contributed by atoms with E-state index >= 15 is 0 Å². The van der Waals surface area contributed by atoms with Gasteiger partial charge in [-0.05, 0) is 105 Å². The van der Waals surface area contributed by atoms with Gasteiger partial charge in [-0.15, -0.1) is 0 Å². The predicted molar refractivity (Wildman–Crippen MR) is 190 cm³/mol. The van der Waals surface area contributed by atoms with Gasteiger partial charge in [0.25, 0.3) is 0 Å². The van der Waals surface area contributed by atoms with Crippen molar-refractivity contribution in [3.8, 4) is 0 Å². The number of carbonyl (C=O) groups excluding carboxylic acids is 3. The molecule has 2 aromatic rings. The zero-order valence-corrected chi connectivity index (χ0v) is 31.5. The van der Waals surface area contributed by atoms with Gasteiger partial charge in [-0.1, -0.05) is 6.07 Å². The van der Waals surface area contributed by atoms with Crippen molar-refractivity contribution in [3.63, 3.8) is 0 Å². The quantitative estimate of drug-likeness (QED) is 0.213. The van der Waals surface area contributed by atoms with Gasteiger partial charge in [-0.25, -0.2) is 19.4 Å². The summed E-state index contributed by atoms with van der Waals surface area (Å²) in [5, 5.41) is 0. The first kappa shape index (κ1) is 38.0. The van der Waals surface area contributed by atoms with Gasteiger partial charge in [-0.3, -0.25) is 0 Å². The molecule has 1 aromatic carbocycles.